The maximum Gasteiger partial charge on any atom is 0.119 e. The summed E-state index contributed by atoms with van der Waals surface area (Å²) < 4.78 is 5.28. The smallest absolute Gasteiger partial charge is 0.119 e. The second kappa shape index (κ2) is 4.81. The van der Waals surface area contributed by atoms with Gasteiger partial charge in [0.25, 0.3) is 0 Å². The molecule has 92 valence electrons. The molecule has 3 rings (SSSR count). The van der Waals surface area contributed by atoms with Crippen molar-refractivity contribution >= 4 is 0 Å². The third kappa shape index (κ3) is 2.23. The second-order valence-electron chi connectivity index (χ2n) is 4.97. The van der Waals surface area contributed by atoms with E-state index in [2.05, 4.69) is 35.3 Å². The average Bonchev–Trinajstić information content (AvgIpc) is 2.80. The number of benzene rings is 1. The summed E-state index contributed by atoms with van der Waals surface area (Å²) in [5, 5.41) is 0. The molecule has 0 amide bonds. The Balaban J connectivity index is 1.73. The van der Waals surface area contributed by atoms with Gasteiger partial charge < -0.3 is 4.74 Å². The number of fused-ring (bicyclic) bond motifs is 1. The predicted octanol–water partition coefficient (Wildman–Crippen LogP) is 3.05. The fourth-order valence-corrected chi connectivity index (χ4v) is 2.81. The normalized spacial score (nSPS) is 17.5. The van der Waals surface area contributed by atoms with Gasteiger partial charge in [0.2, 0.25) is 0 Å². The van der Waals surface area contributed by atoms with Crippen LogP contribution in [0.5, 0.6) is 5.75 Å². The summed E-state index contributed by atoms with van der Waals surface area (Å²) in [4.78, 5) is 4.07. The fourth-order valence-electron chi connectivity index (χ4n) is 2.81. The largest absolute Gasteiger partial charge is 0.497 e. The van der Waals surface area contributed by atoms with E-state index >= 15 is 0 Å². The molecule has 1 aromatic carbocycles. The van der Waals surface area contributed by atoms with E-state index in [4.69, 9.17) is 4.74 Å². The van der Waals surface area contributed by atoms with Crippen LogP contribution in [0.4, 0.5) is 0 Å². The molecule has 2 nitrogen and oxygen atoms in total. The first-order chi connectivity index (χ1) is 8.85. The van der Waals surface area contributed by atoms with Crippen LogP contribution in [0.25, 0.3) is 0 Å². The highest BCUT2D eigenvalue weighted by atomic mass is 16.5. The van der Waals surface area contributed by atoms with Crippen molar-refractivity contribution in [1.29, 1.82) is 0 Å². The van der Waals surface area contributed by atoms with Crippen LogP contribution in [0.3, 0.4) is 0 Å². The first-order valence-corrected chi connectivity index (χ1v) is 6.40. The van der Waals surface area contributed by atoms with Crippen molar-refractivity contribution in [2.45, 2.75) is 19.3 Å². The Labute approximate surface area is 108 Å². The first-order valence-electron chi connectivity index (χ1n) is 6.40. The van der Waals surface area contributed by atoms with Crippen LogP contribution >= 0.6 is 0 Å². The molecule has 1 aliphatic rings. The predicted molar refractivity (Wildman–Crippen MR) is 71.8 cm³/mol. The van der Waals surface area contributed by atoms with E-state index < -0.39 is 0 Å². The second-order valence-corrected chi connectivity index (χ2v) is 4.97. The van der Waals surface area contributed by atoms with E-state index in [0.29, 0.717) is 0 Å². The lowest BCUT2D eigenvalue weighted by Crippen LogP contribution is -2.03. The molecule has 1 aliphatic carbocycles. The van der Waals surface area contributed by atoms with Crippen molar-refractivity contribution in [2.75, 3.05) is 7.11 Å². The monoisotopic (exact) mass is 239 g/mol. The number of methoxy groups -OCH3 is 1. The highest BCUT2D eigenvalue weighted by Crippen LogP contribution is 2.31. The molecule has 1 aromatic heterocycles. The molecule has 1 heterocycles. The highest BCUT2D eigenvalue weighted by molar-refractivity contribution is 5.39. The van der Waals surface area contributed by atoms with Crippen molar-refractivity contribution in [3.05, 3.63) is 59.4 Å². The van der Waals surface area contributed by atoms with Crippen molar-refractivity contribution in [1.82, 2.24) is 4.98 Å². The Morgan fingerprint density at radius 2 is 1.89 bits per heavy atom. The zero-order chi connectivity index (χ0) is 12.4. The van der Waals surface area contributed by atoms with Crippen LogP contribution < -0.4 is 4.74 Å². The molecule has 0 radical (unpaired) electrons. The number of hydrogen-bond acceptors (Lipinski definition) is 2. The SMILES string of the molecule is COc1ccc2c(c1)C[C@H](Cc1ccncc1)C2. The molecule has 18 heavy (non-hydrogen) atoms. The van der Waals surface area contributed by atoms with Crippen molar-refractivity contribution < 1.29 is 4.74 Å². The Morgan fingerprint density at radius 1 is 1.11 bits per heavy atom. The molecule has 0 saturated heterocycles. The Kier molecular flexibility index (Phi) is 3.01. The van der Waals surface area contributed by atoms with Gasteiger partial charge in [-0.1, -0.05) is 6.07 Å². The van der Waals surface area contributed by atoms with E-state index in [1.54, 1.807) is 7.11 Å². The summed E-state index contributed by atoms with van der Waals surface area (Å²) in [6.45, 7) is 0. The standard InChI is InChI=1S/C16H17NO/c1-18-16-3-2-14-9-13(10-15(14)11-16)8-12-4-6-17-7-5-12/h2-7,11,13H,8-10H2,1H3/t13-/m1/s1. The number of nitrogens with zero attached hydrogens (tertiary/aromatic N) is 1. The number of hydrogen-bond donors (Lipinski definition) is 0. The molecular formula is C16H17NO. The Morgan fingerprint density at radius 3 is 2.67 bits per heavy atom. The van der Waals surface area contributed by atoms with Crippen molar-refractivity contribution in [3.63, 3.8) is 0 Å². The minimum Gasteiger partial charge on any atom is -0.497 e. The van der Waals surface area contributed by atoms with E-state index in [-0.39, 0.29) is 0 Å². The van der Waals surface area contributed by atoms with Gasteiger partial charge in [0.1, 0.15) is 5.75 Å². The lowest BCUT2D eigenvalue weighted by molar-refractivity contribution is 0.414. The maximum absolute atomic E-state index is 5.28. The van der Waals surface area contributed by atoms with Crippen molar-refractivity contribution in [2.24, 2.45) is 5.92 Å². The van der Waals surface area contributed by atoms with Gasteiger partial charge in [-0.25, -0.2) is 0 Å². The lowest BCUT2D eigenvalue weighted by Gasteiger charge is -2.08. The Hall–Kier alpha value is -1.83. The average molecular weight is 239 g/mol. The summed E-state index contributed by atoms with van der Waals surface area (Å²) >= 11 is 0. The van der Waals surface area contributed by atoms with Gasteiger partial charge in [0, 0.05) is 12.4 Å². The maximum atomic E-state index is 5.28. The van der Waals surface area contributed by atoms with Crippen LogP contribution in [0.2, 0.25) is 0 Å². The first kappa shape index (κ1) is 11.3. The number of ether oxygens (including phenoxy) is 1. The van der Waals surface area contributed by atoms with Gasteiger partial charge in [-0.15, -0.1) is 0 Å². The van der Waals surface area contributed by atoms with Crippen molar-refractivity contribution in [3.8, 4) is 5.75 Å². The number of rotatable bonds is 3. The van der Waals surface area contributed by atoms with E-state index in [0.717, 1.165) is 24.5 Å². The summed E-state index contributed by atoms with van der Waals surface area (Å²) in [5.74, 6) is 1.69. The number of aromatic nitrogens is 1. The topological polar surface area (TPSA) is 22.1 Å². The van der Waals surface area contributed by atoms with Crippen LogP contribution in [0.15, 0.2) is 42.7 Å². The third-order valence-corrected chi connectivity index (χ3v) is 3.70. The molecule has 0 fully saturated rings. The molecule has 2 heteroatoms. The summed E-state index contributed by atoms with van der Waals surface area (Å²) in [5.41, 5.74) is 4.32. The van der Waals surface area contributed by atoms with Gasteiger partial charge in [0.15, 0.2) is 0 Å². The van der Waals surface area contributed by atoms with E-state index in [1.807, 2.05) is 12.4 Å². The van der Waals surface area contributed by atoms with E-state index in [1.165, 1.54) is 23.1 Å². The molecule has 0 aliphatic heterocycles. The van der Waals surface area contributed by atoms with Crippen LogP contribution in [0.1, 0.15) is 16.7 Å². The van der Waals surface area contributed by atoms with E-state index in [9.17, 15) is 0 Å². The van der Waals surface area contributed by atoms with Gasteiger partial charge >= 0.3 is 0 Å². The molecule has 0 saturated carbocycles. The quantitative estimate of drug-likeness (QED) is 0.821. The summed E-state index contributed by atoms with van der Waals surface area (Å²) in [6, 6.07) is 10.7. The van der Waals surface area contributed by atoms with Gasteiger partial charge in [-0.3, -0.25) is 4.98 Å². The molecule has 0 unspecified atom stereocenters. The van der Waals surface area contributed by atoms with Crippen LogP contribution in [-0.2, 0) is 19.3 Å². The van der Waals surface area contributed by atoms with Gasteiger partial charge in [0.05, 0.1) is 7.11 Å². The van der Waals surface area contributed by atoms with Crippen LogP contribution in [-0.4, -0.2) is 12.1 Å². The Bertz CT molecular complexity index is 536. The zero-order valence-corrected chi connectivity index (χ0v) is 10.6. The molecule has 2 aromatic rings. The fraction of sp³-hybridized carbons (Fsp3) is 0.312. The molecule has 0 N–H and O–H groups in total. The highest BCUT2D eigenvalue weighted by Gasteiger charge is 2.21. The minimum atomic E-state index is 0.717. The van der Waals surface area contributed by atoms with Gasteiger partial charge in [-0.2, -0.15) is 0 Å². The summed E-state index contributed by atoms with van der Waals surface area (Å²) in [7, 11) is 1.73. The lowest BCUT2D eigenvalue weighted by atomic mass is 9.97. The molecule has 1 atom stereocenters. The number of pyridine rings is 1. The summed E-state index contributed by atoms with van der Waals surface area (Å²) in [6.07, 6.45) is 7.23. The molecule has 0 spiro atoms. The molecular weight excluding hydrogens is 222 g/mol. The zero-order valence-electron chi connectivity index (χ0n) is 10.6. The van der Waals surface area contributed by atoms with Gasteiger partial charge in [-0.05, 0) is 66.1 Å². The third-order valence-electron chi connectivity index (χ3n) is 3.70. The van der Waals surface area contributed by atoms with Crippen LogP contribution in [0, 0.1) is 5.92 Å². The minimum absolute atomic E-state index is 0.717. The molecule has 0 bridgehead atoms.